The summed E-state index contributed by atoms with van der Waals surface area (Å²) in [6, 6.07) is 70.3. The number of aromatic nitrogens is 1. The molecular formula is C54H37N3. The smallest absolute Gasteiger partial charge is 0.0802 e. The van der Waals surface area contributed by atoms with Crippen LogP contribution in [-0.4, -0.2) is 16.9 Å². The minimum atomic E-state index is 0.436. The van der Waals surface area contributed by atoms with Gasteiger partial charge < -0.3 is 4.98 Å². The van der Waals surface area contributed by atoms with Gasteiger partial charge in [-0.15, -0.1) is 0 Å². The van der Waals surface area contributed by atoms with Crippen LogP contribution in [0.3, 0.4) is 0 Å². The van der Waals surface area contributed by atoms with Crippen molar-refractivity contribution in [3.05, 3.63) is 223 Å². The van der Waals surface area contributed by atoms with Gasteiger partial charge in [0.15, 0.2) is 0 Å². The van der Waals surface area contributed by atoms with E-state index in [4.69, 9.17) is 4.99 Å². The molecule has 0 unspecified atom stereocenters. The molecule has 3 nitrogen and oxygen atoms in total. The fourth-order valence-electron chi connectivity index (χ4n) is 8.06. The summed E-state index contributed by atoms with van der Waals surface area (Å²) in [6.45, 7) is 0. The predicted octanol–water partition coefficient (Wildman–Crippen LogP) is 14.3. The van der Waals surface area contributed by atoms with Gasteiger partial charge in [0.1, 0.15) is 0 Å². The van der Waals surface area contributed by atoms with E-state index in [0.717, 1.165) is 72.2 Å². The van der Waals surface area contributed by atoms with Crippen molar-refractivity contribution in [2.24, 2.45) is 4.99 Å². The van der Waals surface area contributed by atoms with Gasteiger partial charge in [-0.3, -0.25) is 10.4 Å². The zero-order chi connectivity index (χ0) is 38.1. The molecule has 1 heterocycles. The molecule has 0 fully saturated rings. The van der Waals surface area contributed by atoms with Gasteiger partial charge in [0.25, 0.3) is 0 Å². The first-order valence-corrected chi connectivity index (χ1v) is 19.3. The Bertz CT molecular complexity index is 3050. The summed E-state index contributed by atoms with van der Waals surface area (Å²) in [5.74, 6) is 0. The van der Waals surface area contributed by atoms with Gasteiger partial charge in [0.2, 0.25) is 0 Å². The molecule has 0 spiro atoms. The molecule has 10 rings (SSSR count). The van der Waals surface area contributed by atoms with Crippen LogP contribution >= 0.6 is 0 Å². The van der Waals surface area contributed by atoms with E-state index in [0.29, 0.717) is 5.71 Å². The number of hydrogen-bond acceptors (Lipinski definition) is 2. The molecule has 0 saturated carbocycles. The Labute approximate surface area is 331 Å². The molecule has 9 aromatic carbocycles. The third kappa shape index (κ3) is 6.52. The number of fused-ring (bicyclic) bond motifs is 3. The quantitative estimate of drug-likeness (QED) is 0.116. The Morgan fingerprint density at radius 2 is 1.02 bits per heavy atom. The van der Waals surface area contributed by atoms with Gasteiger partial charge in [-0.05, 0) is 114 Å². The van der Waals surface area contributed by atoms with Crippen LogP contribution in [0.1, 0.15) is 16.7 Å². The van der Waals surface area contributed by atoms with Crippen molar-refractivity contribution in [1.82, 2.24) is 4.98 Å². The first kappa shape index (κ1) is 33.9. The SMILES string of the molecule is N=C(c1ccc(-c2ccccc2)cc1)c1ccc2ccccc2c1/N=C/c1cc(-c2ccc(-c3ccc[nH]3)cc2)cc(-c2c3ccccc3cc3ccccc23)c1. The lowest BCUT2D eigenvalue weighted by molar-refractivity contribution is 1.40. The van der Waals surface area contributed by atoms with Crippen LogP contribution in [0, 0.1) is 5.41 Å². The van der Waals surface area contributed by atoms with E-state index in [1.165, 1.54) is 27.1 Å². The monoisotopic (exact) mass is 727 g/mol. The van der Waals surface area contributed by atoms with Gasteiger partial charge in [0, 0.05) is 34.6 Å². The summed E-state index contributed by atoms with van der Waals surface area (Å²) in [6.07, 6.45) is 3.93. The van der Waals surface area contributed by atoms with E-state index >= 15 is 0 Å². The molecule has 0 aliphatic rings. The number of aliphatic imine (C=N–C) groups is 1. The van der Waals surface area contributed by atoms with Gasteiger partial charge in [-0.25, -0.2) is 0 Å². The van der Waals surface area contributed by atoms with Crippen molar-refractivity contribution in [3.63, 3.8) is 0 Å². The molecule has 1 aromatic heterocycles. The lowest BCUT2D eigenvalue weighted by atomic mass is 9.89. The molecule has 268 valence electrons. The second-order valence-corrected chi connectivity index (χ2v) is 14.5. The van der Waals surface area contributed by atoms with Crippen LogP contribution < -0.4 is 0 Å². The lowest BCUT2D eigenvalue weighted by Gasteiger charge is -2.15. The van der Waals surface area contributed by atoms with E-state index in [2.05, 4.69) is 157 Å². The highest BCUT2D eigenvalue weighted by molar-refractivity contribution is 6.18. The van der Waals surface area contributed by atoms with Crippen molar-refractivity contribution in [2.75, 3.05) is 0 Å². The number of rotatable bonds is 8. The largest absolute Gasteiger partial charge is 0.361 e. The molecule has 0 bridgehead atoms. The molecule has 57 heavy (non-hydrogen) atoms. The normalized spacial score (nSPS) is 11.5. The zero-order valence-electron chi connectivity index (χ0n) is 31.2. The highest BCUT2D eigenvalue weighted by Gasteiger charge is 2.16. The van der Waals surface area contributed by atoms with Crippen molar-refractivity contribution in [3.8, 4) is 44.6 Å². The molecule has 0 amide bonds. The van der Waals surface area contributed by atoms with Crippen LogP contribution in [0.15, 0.2) is 211 Å². The molecular weight excluding hydrogens is 691 g/mol. The third-order valence-corrected chi connectivity index (χ3v) is 10.9. The van der Waals surface area contributed by atoms with Crippen molar-refractivity contribution < 1.29 is 0 Å². The lowest BCUT2D eigenvalue weighted by Crippen LogP contribution is -2.02. The van der Waals surface area contributed by atoms with Gasteiger partial charge in [-0.1, -0.05) is 158 Å². The Hall–Kier alpha value is -7.62. The summed E-state index contributed by atoms with van der Waals surface area (Å²) in [4.78, 5) is 8.62. The van der Waals surface area contributed by atoms with Crippen LogP contribution in [0.4, 0.5) is 5.69 Å². The van der Waals surface area contributed by atoms with Crippen LogP contribution in [0.5, 0.6) is 0 Å². The van der Waals surface area contributed by atoms with E-state index in [9.17, 15) is 5.41 Å². The topological polar surface area (TPSA) is 52.0 Å². The third-order valence-electron chi connectivity index (χ3n) is 10.9. The maximum absolute atomic E-state index is 9.48. The average Bonchev–Trinajstić information content (AvgIpc) is 3.83. The van der Waals surface area contributed by atoms with Crippen molar-refractivity contribution in [2.45, 2.75) is 0 Å². The average molecular weight is 728 g/mol. The first-order valence-electron chi connectivity index (χ1n) is 19.3. The number of nitrogens with zero attached hydrogens (tertiary/aromatic N) is 1. The van der Waals surface area contributed by atoms with Crippen LogP contribution in [0.25, 0.3) is 77.0 Å². The molecule has 10 aromatic rings. The Morgan fingerprint density at radius 3 is 1.72 bits per heavy atom. The molecule has 3 heteroatoms. The standard InChI is InChI=1S/C54H37N3/c55-53(42-26-22-38(23-27-42)37-11-2-1-3-12-37)50-29-28-40-13-4-9-18-49(40)54(50)57-35-36-31-45(39-20-24-41(25-21-39)51-19-10-30-56-51)34-46(32-36)52-47-16-7-5-14-43(47)33-44-15-6-8-17-48(44)52/h1-35,55-56H/b55-53?,57-35+. The second kappa shape index (κ2) is 14.6. The van der Waals surface area contributed by atoms with E-state index in [1.807, 2.05) is 60.9 Å². The Kier molecular flexibility index (Phi) is 8.66. The Morgan fingerprint density at radius 1 is 0.439 bits per heavy atom. The fourth-order valence-corrected chi connectivity index (χ4v) is 8.06. The van der Waals surface area contributed by atoms with Crippen molar-refractivity contribution >= 4 is 49.9 Å². The predicted molar refractivity (Wildman–Crippen MR) is 241 cm³/mol. The summed E-state index contributed by atoms with van der Waals surface area (Å²) in [5, 5.41) is 16.4. The van der Waals surface area contributed by atoms with Crippen LogP contribution in [-0.2, 0) is 0 Å². The van der Waals surface area contributed by atoms with E-state index < -0.39 is 0 Å². The molecule has 0 atom stereocenters. The highest BCUT2D eigenvalue weighted by Crippen LogP contribution is 2.39. The number of hydrogen-bond donors (Lipinski definition) is 2. The van der Waals surface area contributed by atoms with Gasteiger partial charge in [0.05, 0.1) is 11.4 Å². The molecule has 2 N–H and O–H groups in total. The zero-order valence-corrected chi connectivity index (χ0v) is 31.2. The molecule has 0 aliphatic heterocycles. The molecule has 0 saturated heterocycles. The van der Waals surface area contributed by atoms with Crippen LogP contribution in [0.2, 0.25) is 0 Å². The minimum Gasteiger partial charge on any atom is -0.361 e. The number of H-pyrrole nitrogens is 1. The second-order valence-electron chi connectivity index (χ2n) is 14.5. The van der Waals surface area contributed by atoms with E-state index in [-0.39, 0.29) is 0 Å². The molecule has 0 aliphatic carbocycles. The highest BCUT2D eigenvalue weighted by atomic mass is 14.7. The molecule has 0 radical (unpaired) electrons. The van der Waals surface area contributed by atoms with Gasteiger partial charge in [-0.2, -0.15) is 0 Å². The summed E-state index contributed by atoms with van der Waals surface area (Å²) in [7, 11) is 0. The first-order chi connectivity index (χ1) is 28.2. The number of benzene rings is 9. The maximum Gasteiger partial charge on any atom is 0.0802 e. The number of nitrogens with one attached hydrogen (secondary N) is 2. The van der Waals surface area contributed by atoms with E-state index in [1.54, 1.807) is 0 Å². The fraction of sp³-hybridized carbons (Fsp3) is 0. The summed E-state index contributed by atoms with van der Waals surface area (Å²) >= 11 is 0. The van der Waals surface area contributed by atoms with Crippen molar-refractivity contribution in [1.29, 1.82) is 5.41 Å². The summed E-state index contributed by atoms with van der Waals surface area (Å²) < 4.78 is 0. The van der Waals surface area contributed by atoms with Gasteiger partial charge >= 0.3 is 0 Å². The maximum atomic E-state index is 9.48. The minimum absolute atomic E-state index is 0.436. The summed E-state index contributed by atoms with van der Waals surface area (Å²) in [5.41, 5.74) is 12.9. The number of aromatic amines is 1. The Balaban J connectivity index is 1.12.